The maximum Gasteiger partial charge on any atom is 0.391 e. The predicted molar refractivity (Wildman–Crippen MR) is 64.9 cm³/mol. The van der Waals surface area contributed by atoms with E-state index in [0.29, 0.717) is 26.0 Å². The fraction of sp³-hybridized carbons (Fsp3) is 0.923. The number of ether oxygens (including phenoxy) is 1. The number of hydrogen-bond acceptors (Lipinski definition) is 3. The molecule has 116 valence electrons. The molecule has 0 bridgehead atoms. The van der Waals surface area contributed by atoms with E-state index in [2.05, 4.69) is 0 Å². The van der Waals surface area contributed by atoms with Gasteiger partial charge in [0.1, 0.15) is 0 Å². The van der Waals surface area contributed by atoms with E-state index in [1.165, 1.54) is 4.90 Å². The molecule has 0 radical (unpaired) electrons. The summed E-state index contributed by atoms with van der Waals surface area (Å²) in [5.74, 6) is -2.22. The van der Waals surface area contributed by atoms with Gasteiger partial charge in [-0.1, -0.05) is 6.42 Å². The highest BCUT2D eigenvalue weighted by Crippen LogP contribution is 2.40. The van der Waals surface area contributed by atoms with Gasteiger partial charge in [-0.25, -0.2) is 0 Å². The van der Waals surface area contributed by atoms with Crippen LogP contribution < -0.4 is 0 Å². The van der Waals surface area contributed by atoms with Gasteiger partial charge in [-0.3, -0.25) is 4.79 Å². The Hall–Kier alpha value is -0.820. The Morgan fingerprint density at radius 2 is 2.10 bits per heavy atom. The van der Waals surface area contributed by atoms with Crippen molar-refractivity contribution in [2.45, 2.75) is 37.9 Å². The second kappa shape index (κ2) is 6.30. The van der Waals surface area contributed by atoms with Crippen LogP contribution in [0.1, 0.15) is 25.7 Å². The summed E-state index contributed by atoms with van der Waals surface area (Å²) in [6.07, 6.45) is -3.31. The molecule has 4 nitrogen and oxygen atoms in total. The summed E-state index contributed by atoms with van der Waals surface area (Å²) in [5, 5.41) is 9.24. The van der Waals surface area contributed by atoms with Gasteiger partial charge in [0.15, 0.2) is 0 Å². The zero-order valence-electron chi connectivity index (χ0n) is 11.2. The Morgan fingerprint density at radius 3 is 2.75 bits per heavy atom. The van der Waals surface area contributed by atoms with Crippen molar-refractivity contribution in [3.63, 3.8) is 0 Å². The smallest absolute Gasteiger partial charge is 0.391 e. The van der Waals surface area contributed by atoms with Crippen molar-refractivity contribution in [2.24, 2.45) is 11.8 Å². The molecule has 1 N–H and O–H groups in total. The highest BCUT2D eigenvalue weighted by atomic mass is 19.4. The third-order valence-electron chi connectivity index (χ3n) is 4.21. The fourth-order valence-electron chi connectivity index (χ4n) is 3.04. The molecule has 1 saturated carbocycles. The van der Waals surface area contributed by atoms with Gasteiger partial charge in [-0.15, -0.1) is 0 Å². The minimum atomic E-state index is -4.22. The zero-order valence-corrected chi connectivity index (χ0v) is 11.2. The molecule has 3 unspecified atom stereocenters. The number of morpholine rings is 1. The second-order valence-corrected chi connectivity index (χ2v) is 5.55. The van der Waals surface area contributed by atoms with E-state index in [4.69, 9.17) is 4.74 Å². The highest BCUT2D eigenvalue weighted by Gasteiger charge is 2.44. The van der Waals surface area contributed by atoms with Crippen molar-refractivity contribution in [3.8, 4) is 0 Å². The summed E-state index contributed by atoms with van der Waals surface area (Å²) in [5.41, 5.74) is 0. The molecule has 1 aliphatic heterocycles. The lowest BCUT2D eigenvalue weighted by Gasteiger charge is -2.39. The van der Waals surface area contributed by atoms with Gasteiger partial charge in [-0.05, 0) is 19.3 Å². The van der Waals surface area contributed by atoms with Crippen LogP contribution in [-0.2, 0) is 9.53 Å². The summed E-state index contributed by atoms with van der Waals surface area (Å²) >= 11 is 0. The Morgan fingerprint density at radius 1 is 1.35 bits per heavy atom. The van der Waals surface area contributed by atoms with Crippen LogP contribution in [0.15, 0.2) is 0 Å². The highest BCUT2D eigenvalue weighted by molar-refractivity contribution is 5.79. The number of nitrogens with zero attached hydrogens (tertiary/aromatic N) is 1. The summed E-state index contributed by atoms with van der Waals surface area (Å²) in [6.45, 7) is 0.744. The number of carbonyl (C=O) groups is 1. The molecule has 0 aromatic heterocycles. The van der Waals surface area contributed by atoms with Crippen LogP contribution >= 0.6 is 0 Å². The molecule has 2 rings (SSSR count). The lowest BCUT2D eigenvalue weighted by atomic mass is 9.80. The normalized spacial score (nSPS) is 32.2. The monoisotopic (exact) mass is 295 g/mol. The van der Waals surface area contributed by atoms with Crippen LogP contribution in [0.25, 0.3) is 0 Å². The quantitative estimate of drug-likeness (QED) is 0.841. The van der Waals surface area contributed by atoms with Gasteiger partial charge in [0.25, 0.3) is 0 Å². The number of aliphatic hydroxyl groups is 1. The van der Waals surface area contributed by atoms with E-state index in [1.807, 2.05) is 0 Å². The van der Waals surface area contributed by atoms with Gasteiger partial charge < -0.3 is 14.7 Å². The standard InChI is InChI=1S/C13H20F3NO3/c14-13(15,16)10-3-1-2-9(6-10)12(19)17-4-5-20-8-11(17)7-18/h9-11,18H,1-8H2. The topological polar surface area (TPSA) is 49.8 Å². The van der Waals surface area contributed by atoms with E-state index in [1.54, 1.807) is 0 Å². The number of hydrogen-bond donors (Lipinski definition) is 1. The lowest BCUT2D eigenvalue weighted by molar-refractivity contribution is -0.188. The summed E-state index contributed by atoms with van der Waals surface area (Å²) in [4.78, 5) is 13.9. The number of rotatable bonds is 2. The van der Waals surface area contributed by atoms with Crippen molar-refractivity contribution in [3.05, 3.63) is 0 Å². The second-order valence-electron chi connectivity index (χ2n) is 5.55. The molecule has 2 aliphatic rings. The van der Waals surface area contributed by atoms with Crippen LogP contribution in [0, 0.1) is 11.8 Å². The van der Waals surface area contributed by atoms with Gasteiger partial charge in [0, 0.05) is 12.5 Å². The largest absolute Gasteiger partial charge is 0.394 e. The fourth-order valence-corrected chi connectivity index (χ4v) is 3.04. The first-order chi connectivity index (χ1) is 9.43. The Balaban J connectivity index is 2.00. The number of amides is 1. The van der Waals surface area contributed by atoms with Crippen LogP contribution in [-0.4, -0.2) is 54.5 Å². The zero-order chi connectivity index (χ0) is 14.8. The molecule has 0 spiro atoms. The molecule has 1 amide bonds. The van der Waals surface area contributed by atoms with E-state index in [9.17, 15) is 23.1 Å². The predicted octanol–water partition coefficient (Wildman–Crippen LogP) is 1.57. The average molecular weight is 295 g/mol. The third kappa shape index (κ3) is 3.44. The minimum absolute atomic E-state index is 0.111. The Bertz CT molecular complexity index is 348. The number of halogens is 3. The average Bonchev–Trinajstić information content (AvgIpc) is 2.45. The van der Waals surface area contributed by atoms with Crippen molar-refractivity contribution in [1.29, 1.82) is 0 Å². The summed E-state index contributed by atoms with van der Waals surface area (Å²) in [6, 6.07) is -0.428. The van der Waals surface area contributed by atoms with E-state index in [-0.39, 0.29) is 32.0 Å². The van der Waals surface area contributed by atoms with Crippen molar-refractivity contribution in [2.75, 3.05) is 26.4 Å². The van der Waals surface area contributed by atoms with Crippen molar-refractivity contribution < 1.29 is 27.8 Å². The number of aliphatic hydroxyl groups excluding tert-OH is 1. The molecule has 0 aromatic carbocycles. The van der Waals surface area contributed by atoms with Gasteiger partial charge in [0.05, 0.1) is 31.8 Å². The first-order valence-corrected chi connectivity index (χ1v) is 6.99. The Labute approximate surface area is 115 Å². The van der Waals surface area contributed by atoms with E-state index < -0.39 is 24.1 Å². The number of alkyl halides is 3. The van der Waals surface area contributed by atoms with Crippen LogP contribution in [0.4, 0.5) is 13.2 Å². The van der Waals surface area contributed by atoms with E-state index >= 15 is 0 Å². The molecule has 20 heavy (non-hydrogen) atoms. The van der Waals surface area contributed by atoms with Crippen LogP contribution in [0.5, 0.6) is 0 Å². The molecular weight excluding hydrogens is 275 g/mol. The SMILES string of the molecule is O=C(C1CCCC(C(F)(F)F)C1)N1CCOCC1CO. The molecule has 2 fully saturated rings. The first kappa shape index (κ1) is 15.6. The maximum atomic E-state index is 12.8. The van der Waals surface area contributed by atoms with Gasteiger partial charge >= 0.3 is 6.18 Å². The summed E-state index contributed by atoms with van der Waals surface area (Å²) < 4.78 is 43.5. The molecule has 7 heteroatoms. The van der Waals surface area contributed by atoms with Gasteiger partial charge in [0.2, 0.25) is 5.91 Å². The molecule has 0 aromatic rings. The van der Waals surface area contributed by atoms with Crippen molar-refractivity contribution >= 4 is 5.91 Å². The molecular formula is C13H20F3NO3. The maximum absolute atomic E-state index is 12.8. The number of carbonyl (C=O) groups excluding carboxylic acids is 1. The molecule has 1 saturated heterocycles. The van der Waals surface area contributed by atoms with Crippen LogP contribution in [0.3, 0.4) is 0 Å². The van der Waals surface area contributed by atoms with Gasteiger partial charge in [-0.2, -0.15) is 13.2 Å². The minimum Gasteiger partial charge on any atom is -0.394 e. The molecule has 1 aliphatic carbocycles. The van der Waals surface area contributed by atoms with Crippen LogP contribution in [0.2, 0.25) is 0 Å². The molecule has 1 heterocycles. The Kier molecular flexibility index (Phi) is 4.90. The molecule has 3 atom stereocenters. The lowest BCUT2D eigenvalue weighted by Crippen LogP contribution is -2.53. The third-order valence-corrected chi connectivity index (χ3v) is 4.21. The van der Waals surface area contributed by atoms with Crippen molar-refractivity contribution in [1.82, 2.24) is 4.90 Å². The summed E-state index contributed by atoms with van der Waals surface area (Å²) in [7, 11) is 0. The first-order valence-electron chi connectivity index (χ1n) is 6.99. The van der Waals surface area contributed by atoms with E-state index in [0.717, 1.165) is 0 Å².